The lowest BCUT2D eigenvalue weighted by molar-refractivity contribution is -0.137. The van der Waals surface area contributed by atoms with Crippen LogP contribution in [0.4, 0.5) is 5.69 Å². The topological polar surface area (TPSA) is 131 Å². The molecule has 0 fully saturated rings. The Morgan fingerprint density at radius 3 is 2.15 bits per heavy atom. The number of amides is 1. The lowest BCUT2D eigenvalue weighted by Crippen LogP contribution is -2.31. The third-order valence-corrected chi connectivity index (χ3v) is 8.10. The van der Waals surface area contributed by atoms with Gasteiger partial charge in [0.25, 0.3) is 15.9 Å². The lowest BCUT2D eigenvalue weighted by Gasteiger charge is -2.20. The van der Waals surface area contributed by atoms with Crippen LogP contribution in [0, 0.1) is 0 Å². The van der Waals surface area contributed by atoms with Crippen molar-refractivity contribution in [2.45, 2.75) is 17.4 Å². The van der Waals surface area contributed by atoms with E-state index in [1.807, 2.05) is 42.5 Å². The smallest absolute Gasteiger partial charge is 0.305 e. The predicted molar refractivity (Wildman–Crippen MR) is 159 cm³/mol. The summed E-state index contributed by atoms with van der Waals surface area (Å²) in [7, 11) is -1.32. The molecule has 0 spiro atoms. The Labute approximate surface area is 246 Å². The van der Waals surface area contributed by atoms with Crippen LogP contribution in [0.1, 0.15) is 28.4 Å². The number of hydrogen-bond acceptors (Lipinski definition) is 6. The van der Waals surface area contributed by atoms with Gasteiger partial charge in [0.05, 0.1) is 42.8 Å². The van der Waals surface area contributed by atoms with Gasteiger partial charge in [-0.2, -0.15) is 0 Å². The Bertz CT molecular complexity index is 1660. The summed E-state index contributed by atoms with van der Waals surface area (Å²) >= 11 is 3.32. The van der Waals surface area contributed by atoms with E-state index in [1.54, 1.807) is 18.2 Å². The highest BCUT2D eigenvalue weighted by molar-refractivity contribution is 9.10. The van der Waals surface area contributed by atoms with E-state index in [0.29, 0.717) is 15.8 Å². The molecule has 9 nitrogen and oxygen atoms in total. The van der Waals surface area contributed by atoms with E-state index in [2.05, 4.69) is 26.0 Å². The lowest BCUT2D eigenvalue weighted by atomic mass is 9.98. The number of benzene rings is 4. The van der Waals surface area contributed by atoms with Crippen molar-refractivity contribution in [2.24, 2.45) is 0 Å². The highest BCUT2D eigenvalue weighted by Crippen LogP contribution is 2.31. The molecule has 0 heterocycles. The van der Waals surface area contributed by atoms with E-state index < -0.39 is 27.9 Å². The minimum Gasteiger partial charge on any atom is -0.493 e. The molecular formula is C30H27BrN2O7S. The molecule has 0 aromatic heterocycles. The number of methoxy groups -OCH3 is 2. The second-order valence-electron chi connectivity index (χ2n) is 8.92. The fourth-order valence-corrected chi connectivity index (χ4v) is 5.64. The van der Waals surface area contributed by atoms with E-state index in [-0.39, 0.29) is 28.3 Å². The fourth-order valence-electron chi connectivity index (χ4n) is 4.18. The van der Waals surface area contributed by atoms with E-state index in [9.17, 15) is 23.1 Å². The van der Waals surface area contributed by atoms with Gasteiger partial charge in [-0.1, -0.05) is 70.5 Å². The Hall–Kier alpha value is -4.35. The first-order chi connectivity index (χ1) is 19.6. The molecule has 0 aliphatic carbocycles. The first kappa shape index (κ1) is 29.6. The monoisotopic (exact) mass is 638 g/mol. The highest BCUT2D eigenvalue weighted by atomic mass is 79.9. The number of carbonyl (C=O) groups excluding carboxylic acids is 1. The van der Waals surface area contributed by atoms with Crippen LogP contribution in [0.2, 0.25) is 0 Å². The van der Waals surface area contributed by atoms with Gasteiger partial charge >= 0.3 is 5.97 Å². The van der Waals surface area contributed by atoms with Gasteiger partial charge in [-0.15, -0.1) is 0 Å². The van der Waals surface area contributed by atoms with E-state index in [1.165, 1.54) is 44.6 Å². The SMILES string of the molecule is COc1ccc(S(=O)(=O)Nc2ccc(Br)cc2C(=O)NC(CC(=O)O)c2ccc(-c3ccccc3)cc2)cc1OC. The van der Waals surface area contributed by atoms with Gasteiger partial charge in [-0.25, -0.2) is 8.42 Å². The third-order valence-electron chi connectivity index (χ3n) is 6.24. The van der Waals surface area contributed by atoms with Crippen LogP contribution in [0.3, 0.4) is 0 Å². The first-order valence-corrected chi connectivity index (χ1v) is 14.6. The van der Waals surface area contributed by atoms with Crippen LogP contribution in [-0.4, -0.2) is 39.6 Å². The average Bonchev–Trinajstić information content (AvgIpc) is 2.97. The summed E-state index contributed by atoms with van der Waals surface area (Å²) in [5, 5.41) is 12.3. The molecule has 0 saturated carbocycles. The van der Waals surface area contributed by atoms with Gasteiger partial charge in [0.15, 0.2) is 11.5 Å². The minimum absolute atomic E-state index is 0.000258. The van der Waals surface area contributed by atoms with Crippen molar-refractivity contribution >= 4 is 43.5 Å². The van der Waals surface area contributed by atoms with E-state index in [0.717, 1.165) is 11.1 Å². The molecule has 41 heavy (non-hydrogen) atoms. The van der Waals surface area contributed by atoms with Gasteiger partial charge in [0.1, 0.15) is 0 Å². The number of sulfonamides is 1. The van der Waals surface area contributed by atoms with Gasteiger partial charge in [-0.3, -0.25) is 14.3 Å². The molecule has 0 saturated heterocycles. The number of nitrogens with one attached hydrogen (secondary N) is 2. The molecule has 1 unspecified atom stereocenters. The standard InChI is InChI=1S/C30H27BrN2O7S/c1-39-27-15-13-23(17-28(27)40-2)41(37,38)33-25-14-12-22(31)16-24(25)30(36)32-26(18-29(34)35)21-10-8-20(9-11-21)19-6-4-3-5-7-19/h3-17,26,33H,18H2,1-2H3,(H,32,36)(H,34,35). The summed E-state index contributed by atoms with van der Waals surface area (Å²) in [6.07, 6.45) is -0.378. The molecule has 1 atom stereocenters. The van der Waals surface area contributed by atoms with E-state index >= 15 is 0 Å². The Morgan fingerprint density at radius 2 is 1.51 bits per heavy atom. The van der Waals surface area contributed by atoms with Crippen molar-refractivity contribution < 1.29 is 32.6 Å². The summed E-state index contributed by atoms with van der Waals surface area (Å²) in [5.41, 5.74) is 2.53. The number of carbonyl (C=O) groups is 2. The maximum atomic E-state index is 13.5. The predicted octanol–water partition coefficient (Wildman–Crippen LogP) is 5.88. The summed E-state index contributed by atoms with van der Waals surface area (Å²) in [6.45, 7) is 0. The van der Waals surface area contributed by atoms with Gasteiger partial charge in [0, 0.05) is 10.5 Å². The molecule has 11 heteroatoms. The van der Waals surface area contributed by atoms with Crippen LogP contribution >= 0.6 is 15.9 Å². The van der Waals surface area contributed by atoms with Crippen molar-refractivity contribution in [1.29, 1.82) is 0 Å². The molecule has 3 N–H and O–H groups in total. The number of carboxylic acid groups (broad SMARTS) is 1. The molecular weight excluding hydrogens is 612 g/mol. The average molecular weight is 640 g/mol. The number of anilines is 1. The molecule has 1 amide bonds. The molecule has 0 bridgehead atoms. The quantitative estimate of drug-likeness (QED) is 0.187. The molecule has 0 aliphatic heterocycles. The molecule has 0 radical (unpaired) electrons. The van der Waals surface area contributed by atoms with Crippen LogP contribution in [0.25, 0.3) is 11.1 Å². The van der Waals surface area contributed by atoms with Gasteiger partial charge < -0.3 is 19.9 Å². The zero-order valence-electron chi connectivity index (χ0n) is 22.1. The summed E-state index contributed by atoms with van der Waals surface area (Å²) < 4.78 is 39.9. The van der Waals surface area contributed by atoms with Crippen molar-refractivity contribution in [2.75, 3.05) is 18.9 Å². The van der Waals surface area contributed by atoms with Crippen LogP contribution < -0.4 is 19.5 Å². The number of rotatable bonds is 11. The Morgan fingerprint density at radius 1 is 0.854 bits per heavy atom. The zero-order valence-corrected chi connectivity index (χ0v) is 24.5. The van der Waals surface area contributed by atoms with Crippen molar-refractivity contribution in [3.63, 3.8) is 0 Å². The maximum absolute atomic E-state index is 13.5. The van der Waals surface area contributed by atoms with Crippen molar-refractivity contribution in [1.82, 2.24) is 5.32 Å². The number of hydrogen-bond donors (Lipinski definition) is 3. The van der Waals surface area contributed by atoms with Crippen molar-refractivity contribution in [3.05, 3.63) is 107 Å². The molecule has 4 aromatic rings. The molecule has 212 valence electrons. The molecule has 4 aromatic carbocycles. The first-order valence-electron chi connectivity index (χ1n) is 12.3. The van der Waals surface area contributed by atoms with Gasteiger partial charge in [-0.05, 0) is 47.0 Å². The Balaban J connectivity index is 1.62. The minimum atomic E-state index is -4.15. The number of aliphatic carboxylic acids is 1. The fraction of sp³-hybridized carbons (Fsp3) is 0.133. The van der Waals surface area contributed by atoms with Crippen LogP contribution in [-0.2, 0) is 14.8 Å². The molecule has 0 aliphatic rings. The summed E-state index contributed by atoms with van der Waals surface area (Å²) in [5.74, 6) is -1.18. The number of halogens is 1. The normalized spacial score (nSPS) is 11.8. The second-order valence-corrected chi connectivity index (χ2v) is 11.5. The van der Waals surface area contributed by atoms with E-state index in [4.69, 9.17) is 9.47 Å². The highest BCUT2D eigenvalue weighted by Gasteiger charge is 2.24. The second kappa shape index (κ2) is 12.9. The number of ether oxygens (including phenoxy) is 2. The summed E-state index contributed by atoms with van der Waals surface area (Å²) in [6, 6.07) is 24.6. The third kappa shape index (κ3) is 7.24. The summed E-state index contributed by atoms with van der Waals surface area (Å²) in [4.78, 5) is 25.1. The zero-order chi connectivity index (χ0) is 29.6. The van der Waals surface area contributed by atoms with Gasteiger partial charge in [0.2, 0.25) is 0 Å². The van der Waals surface area contributed by atoms with Crippen LogP contribution in [0.15, 0.2) is 100 Å². The van der Waals surface area contributed by atoms with Crippen LogP contribution in [0.5, 0.6) is 11.5 Å². The van der Waals surface area contributed by atoms with Crippen molar-refractivity contribution in [3.8, 4) is 22.6 Å². The maximum Gasteiger partial charge on any atom is 0.305 e. The largest absolute Gasteiger partial charge is 0.493 e. The number of carboxylic acids is 1. The molecule has 4 rings (SSSR count). The Kier molecular flexibility index (Phi) is 9.31.